The molecular formula is C45H45N. The molecule has 0 aliphatic carbocycles. The van der Waals surface area contributed by atoms with Gasteiger partial charge in [0.2, 0.25) is 0 Å². The van der Waals surface area contributed by atoms with Crippen LogP contribution in [0.3, 0.4) is 0 Å². The summed E-state index contributed by atoms with van der Waals surface area (Å²) >= 11 is 0. The van der Waals surface area contributed by atoms with Crippen LogP contribution in [0.25, 0.3) is 55.8 Å². The number of aromatic nitrogens is 1. The Morgan fingerprint density at radius 2 is 1.04 bits per heavy atom. The van der Waals surface area contributed by atoms with E-state index in [1.165, 1.54) is 74.0 Å². The summed E-state index contributed by atoms with van der Waals surface area (Å²) in [6.07, 6.45) is 7.65. The fourth-order valence-corrected chi connectivity index (χ4v) is 6.50. The van der Waals surface area contributed by atoms with E-state index in [9.17, 15) is 0 Å². The fraction of sp³-hybridized carbons (Fsp3) is 0.222. The molecule has 1 aromatic heterocycles. The Hall–Kier alpha value is -4.75. The monoisotopic (exact) mass is 599 g/mol. The molecule has 0 spiro atoms. The van der Waals surface area contributed by atoms with Crippen LogP contribution in [0.1, 0.15) is 64.5 Å². The van der Waals surface area contributed by atoms with E-state index >= 15 is 0 Å². The second-order valence-corrected chi connectivity index (χ2v) is 12.8. The molecule has 0 N–H and O–H groups in total. The molecule has 0 bridgehead atoms. The summed E-state index contributed by atoms with van der Waals surface area (Å²) < 4.78 is 0. The van der Waals surface area contributed by atoms with Gasteiger partial charge in [0.15, 0.2) is 0 Å². The van der Waals surface area contributed by atoms with Crippen molar-refractivity contribution >= 4 is 0 Å². The Balaban J connectivity index is 1.44. The molecule has 0 unspecified atom stereocenters. The first-order valence-electron chi connectivity index (χ1n) is 17.0. The van der Waals surface area contributed by atoms with Gasteiger partial charge in [-0.2, -0.15) is 0 Å². The lowest BCUT2D eigenvalue weighted by Crippen LogP contribution is -2.20. The molecule has 0 aliphatic rings. The summed E-state index contributed by atoms with van der Waals surface area (Å²) in [5.41, 5.74) is 14.9. The van der Waals surface area contributed by atoms with Crippen LogP contribution in [-0.2, 0) is 11.8 Å². The molecule has 5 aromatic carbocycles. The summed E-state index contributed by atoms with van der Waals surface area (Å²) in [4.78, 5) is 4.79. The summed E-state index contributed by atoms with van der Waals surface area (Å²) in [5, 5.41) is 0. The third-order valence-corrected chi connectivity index (χ3v) is 9.85. The molecule has 0 saturated heterocycles. The minimum absolute atomic E-state index is 0.0930. The summed E-state index contributed by atoms with van der Waals surface area (Å²) in [5.74, 6) is 0. The van der Waals surface area contributed by atoms with Crippen molar-refractivity contribution in [1.29, 1.82) is 0 Å². The predicted octanol–water partition coefficient (Wildman–Crippen LogP) is 12.8. The Morgan fingerprint density at radius 3 is 1.67 bits per heavy atom. The first-order valence-corrected chi connectivity index (χ1v) is 17.0. The zero-order valence-corrected chi connectivity index (χ0v) is 27.8. The number of pyridine rings is 1. The molecule has 0 saturated carbocycles. The Morgan fingerprint density at radius 1 is 0.500 bits per heavy atom. The molecule has 0 amide bonds. The van der Waals surface area contributed by atoms with E-state index in [4.69, 9.17) is 4.98 Å². The van der Waals surface area contributed by atoms with Gasteiger partial charge in [0, 0.05) is 11.8 Å². The van der Waals surface area contributed by atoms with E-state index in [-0.39, 0.29) is 5.41 Å². The maximum absolute atomic E-state index is 4.79. The van der Waals surface area contributed by atoms with Crippen molar-refractivity contribution < 1.29 is 0 Å². The number of hydrogen-bond acceptors (Lipinski definition) is 1. The van der Waals surface area contributed by atoms with Crippen LogP contribution in [0.15, 0.2) is 140 Å². The van der Waals surface area contributed by atoms with Crippen molar-refractivity contribution in [2.75, 3.05) is 0 Å². The number of benzene rings is 5. The number of nitrogens with zero attached hydrogens (tertiary/aromatic N) is 1. The molecule has 1 nitrogen and oxygen atoms in total. The molecule has 1 heteroatoms. The molecule has 0 fully saturated rings. The standard InChI is InChI=1S/C45H45N/c1-5-8-15-33-21-23-35(24-22-33)40-29-39(34-16-10-9-11-17-34)30-41(31-40)37-19-14-18-36(28-37)38-25-26-43(45(4,6-2)7-3)42(32-38)44-20-12-13-27-46-44/h9-14,16-32H,5-8,15H2,1-4H3. The highest BCUT2D eigenvalue weighted by Crippen LogP contribution is 2.40. The Labute approximate surface area is 276 Å². The highest BCUT2D eigenvalue weighted by atomic mass is 14.7. The SMILES string of the molecule is CCCCc1ccc(-c2cc(-c3ccccc3)cc(-c3cccc(-c4ccc(C(C)(CC)CC)c(-c5ccccn5)c4)c3)c2)cc1. The lowest BCUT2D eigenvalue weighted by atomic mass is 9.74. The summed E-state index contributed by atoms with van der Waals surface area (Å²) in [6, 6.07) is 49.2. The summed E-state index contributed by atoms with van der Waals surface area (Å²) in [6.45, 7) is 9.22. The molecule has 6 aromatic rings. The van der Waals surface area contributed by atoms with Crippen LogP contribution in [0.2, 0.25) is 0 Å². The van der Waals surface area contributed by atoms with Gasteiger partial charge in [0.25, 0.3) is 0 Å². The first kappa shape index (κ1) is 31.2. The van der Waals surface area contributed by atoms with E-state index in [0.29, 0.717) is 0 Å². The average Bonchev–Trinajstić information content (AvgIpc) is 3.14. The lowest BCUT2D eigenvalue weighted by Gasteiger charge is -2.30. The van der Waals surface area contributed by atoms with Crippen molar-refractivity contribution in [3.63, 3.8) is 0 Å². The molecule has 0 radical (unpaired) electrons. The molecule has 6 rings (SSSR count). The van der Waals surface area contributed by atoms with E-state index in [0.717, 1.165) is 25.0 Å². The highest BCUT2D eigenvalue weighted by Gasteiger charge is 2.26. The van der Waals surface area contributed by atoms with Gasteiger partial charge in [0.05, 0.1) is 5.69 Å². The largest absolute Gasteiger partial charge is 0.256 e. The summed E-state index contributed by atoms with van der Waals surface area (Å²) in [7, 11) is 0. The van der Waals surface area contributed by atoms with Crippen LogP contribution in [0, 0.1) is 0 Å². The molecule has 230 valence electrons. The minimum Gasteiger partial charge on any atom is -0.256 e. The second-order valence-electron chi connectivity index (χ2n) is 12.8. The number of unbranched alkanes of at least 4 members (excludes halogenated alkanes) is 1. The van der Waals surface area contributed by atoms with E-state index in [1.54, 1.807) is 0 Å². The topological polar surface area (TPSA) is 12.9 Å². The first-order chi connectivity index (χ1) is 22.5. The quantitative estimate of drug-likeness (QED) is 0.144. The van der Waals surface area contributed by atoms with Crippen molar-refractivity contribution in [1.82, 2.24) is 4.98 Å². The van der Waals surface area contributed by atoms with Gasteiger partial charge in [-0.25, -0.2) is 0 Å². The van der Waals surface area contributed by atoms with Gasteiger partial charge in [0.1, 0.15) is 0 Å². The maximum atomic E-state index is 4.79. The molecule has 1 heterocycles. The predicted molar refractivity (Wildman–Crippen MR) is 198 cm³/mol. The van der Waals surface area contributed by atoms with Crippen molar-refractivity contribution in [3.8, 4) is 55.8 Å². The van der Waals surface area contributed by atoms with E-state index < -0.39 is 0 Å². The smallest absolute Gasteiger partial charge is 0.0705 e. The van der Waals surface area contributed by atoms with Gasteiger partial charge in [-0.3, -0.25) is 4.98 Å². The molecular weight excluding hydrogens is 555 g/mol. The zero-order valence-electron chi connectivity index (χ0n) is 27.8. The van der Waals surface area contributed by atoms with Gasteiger partial charge >= 0.3 is 0 Å². The molecule has 0 aliphatic heterocycles. The number of rotatable bonds is 11. The van der Waals surface area contributed by atoms with Crippen LogP contribution in [0.4, 0.5) is 0 Å². The third kappa shape index (κ3) is 6.75. The van der Waals surface area contributed by atoms with Crippen LogP contribution in [0.5, 0.6) is 0 Å². The average molecular weight is 600 g/mol. The number of hydrogen-bond donors (Lipinski definition) is 0. The highest BCUT2D eigenvalue weighted by molar-refractivity contribution is 5.83. The second kappa shape index (κ2) is 14.1. The van der Waals surface area contributed by atoms with Gasteiger partial charge in [-0.1, -0.05) is 125 Å². The fourth-order valence-electron chi connectivity index (χ4n) is 6.50. The number of aryl methyl sites for hydroxylation is 1. The normalized spacial score (nSPS) is 11.5. The van der Waals surface area contributed by atoms with Crippen molar-refractivity contribution in [2.24, 2.45) is 0 Å². The zero-order chi connectivity index (χ0) is 31.9. The third-order valence-electron chi connectivity index (χ3n) is 9.85. The van der Waals surface area contributed by atoms with E-state index in [2.05, 4.69) is 155 Å². The molecule has 46 heavy (non-hydrogen) atoms. The van der Waals surface area contributed by atoms with Crippen LogP contribution < -0.4 is 0 Å². The Kier molecular flexibility index (Phi) is 9.60. The van der Waals surface area contributed by atoms with Gasteiger partial charge in [-0.15, -0.1) is 0 Å². The molecule has 0 atom stereocenters. The van der Waals surface area contributed by atoms with Crippen molar-refractivity contribution in [2.45, 2.75) is 65.2 Å². The Bertz CT molecular complexity index is 1880. The van der Waals surface area contributed by atoms with Crippen LogP contribution >= 0.6 is 0 Å². The van der Waals surface area contributed by atoms with Crippen molar-refractivity contribution in [3.05, 3.63) is 151 Å². The van der Waals surface area contributed by atoms with Crippen LogP contribution in [-0.4, -0.2) is 4.98 Å². The maximum Gasteiger partial charge on any atom is 0.0705 e. The van der Waals surface area contributed by atoms with Gasteiger partial charge < -0.3 is 0 Å². The minimum atomic E-state index is 0.0930. The van der Waals surface area contributed by atoms with E-state index in [1.807, 2.05) is 12.3 Å². The van der Waals surface area contributed by atoms with Gasteiger partial charge in [-0.05, 0) is 129 Å². The lowest BCUT2D eigenvalue weighted by molar-refractivity contribution is 0.440.